The molecule has 0 fully saturated rings. The maximum absolute atomic E-state index is 5.38. The van der Waals surface area contributed by atoms with Crippen LogP contribution in [0.2, 0.25) is 0 Å². The monoisotopic (exact) mass is 181 g/mol. The van der Waals surface area contributed by atoms with Crippen molar-refractivity contribution in [2.45, 2.75) is 25.3 Å². The summed E-state index contributed by atoms with van der Waals surface area (Å²) in [6.45, 7) is 4.77. The van der Waals surface area contributed by atoms with E-state index in [1.165, 1.54) is 0 Å². The Morgan fingerprint density at radius 3 is 2.85 bits per heavy atom. The van der Waals surface area contributed by atoms with E-state index >= 15 is 0 Å². The van der Waals surface area contributed by atoms with E-state index in [0.717, 1.165) is 25.9 Å². The van der Waals surface area contributed by atoms with Crippen molar-refractivity contribution in [1.82, 2.24) is 5.32 Å². The maximum Gasteiger partial charge on any atom is 0.0800 e. The molecule has 0 bridgehead atoms. The molecule has 1 rings (SSSR count). The van der Waals surface area contributed by atoms with E-state index in [9.17, 15) is 0 Å². The van der Waals surface area contributed by atoms with Gasteiger partial charge in [-0.3, -0.25) is 4.99 Å². The predicted molar refractivity (Wildman–Crippen MR) is 57.2 cm³/mol. The summed E-state index contributed by atoms with van der Waals surface area (Å²) < 4.78 is 0. The van der Waals surface area contributed by atoms with Crippen molar-refractivity contribution in [3.05, 3.63) is 12.2 Å². The second-order valence-electron chi connectivity index (χ2n) is 3.38. The van der Waals surface area contributed by atoms with E-state index in [2.05, 4.69) is 23.3 Å². The molecule has 0 aromatic carbocycles. The van der Waals surface area contributed by atoms with Crippen molar-refractivity contribution in [3.8, 4) is 0 Å². The van der Waals surface area contributed by atoms with E-state index in [1.807, 2.05) is 12.3 Å². The fraction of sp³-hybridized carbons (Fsp3) is 0.700. The lowest BCUT2D eigenvalue weighted by atomic mass is 9.94. The standard InChI is InChI=1S/C10H19N3/c1-2-10(4-3-7-13-10)5-8-12-9-6-11/h3-4,7,12H,2,5-6,8-9,11H2,1H3. The van der Waals surface area contributed by atoms with Gasteiger partial charge in [0.25, 0.3) is 0 Å². The van der Waals surface area contributed by atoms with Gasteiger partial charge in [0.2, 0.25) is 0 Å². The van der Waals surface area contributed by atoms with Crippen LogP contribution in [0.3, 0.4) is 0 Å². The number of allylic oxidation sites excluding steroid dienone is 1. The van der Waals surface area contributed by atoms with Crippen molar-refractivity contribution in [2.75, 3.05) is 19.6 Å². The maximum atomic E-state index is 5.38. The molecule has 3 heteroatoms. The van der Waals surface area contributed by atoms with Crippen LogP contribution in [0.1, 0.15) is 19.8 Å². The van der Waals surface area contributed by atoms with Gasteiger partial charge in [-0.1, -0.05) is 13.0 Å². The minimum absolute atomic E-state index is 0.0710. The SMILES string of the molecule is CCC1(CCNCCN)C=CC=N1. The highest BCUT2D eigenvalue weighted by Crippen LogP contribution is 2.24. The topological polar surface area (TPSA) is 50.4 Å². The third-order valence-electron chi connectivity index (χ3n) is 2.49. The minimum atomic E-state index is 0.0710. The van der Waals surface area contributed by atoms with Crippen LogP contribution in [-0.4, -0.2) is 31.4 Å². The Kier molecular flexibility index (Phi) is 4.12. The van der Waals surface area contributed by atoms with Gasteiger partial charge < -0.3 is 11.1 Å². The van der Waals surface area contributed by atoms with Crippen LogP contribution >= 0.6 is 0 Å². The molecule has 0 amide bonds. The summed E-state index contributed by atoms with van der Waals surface area (Å²) in [6.07, 6.45) is 8.26. The van der Waals surface area contributed by atoms with Crippen molar-refractivity contribution >= 4 is 6.21 Å². The van der Waals surface area contributed by atoms with Crippen LogP contribution in [0.5, 0.6) is 0 Å². The van der Waals surface area contributed by atoms with Crippen LogP contribution in [-0.2, 0) is 0 Å². The summed E-state index contributed by atoms with van der Waals surface area (Å²) >= 11 is 0. The Balaban J connectivity index is 2.25. The summed E-state index contributed by atoms with van der Waals surface area (Å²) in [5.74, 6) is 0. The molecule has 0 radical (unpaired) electrons. The van der Waals surface area contributed by atoms with Gasteiger partial charge in [-0.2, -0.15) is 0 Å². The Morgan fingerprint density at radius 2 is 2.31 bits per heavy atom. The molecule has 0 aliphatic carbocycles. The molecule has 3 nitrogen and oxygen atoms in total. The van der Waals surface area contributed by atoms with Gasteiger partial charge in [0.05, 0.1) is 5.54 Å². The van der Waals surface area contributed by atoms with Gasteiger partial charge in [0, 0.05) is 19.3 Å². The molecule has 1 aliphatic rings. The van der Waals surface area contributed by atoms with E-state index < -0.39 is 0 Å². The zero-order valence-electron chi connectivity index (χ0n) is 8.29. The first kappa shape index (κ1) is 10.4. The lowest BCUT2D eigenvalue weighted by Crippen LogP contribution is -2.30. The summed E-state index contributed by atoms with van der Waals surface area (Å²) in [5.41, 5.74) is 5.45. The number of nitrogens with one attached hydrogen (secondary N) is 1. The van der Waals surface area contributed by atoms with E-state index in [4.69, 9.17) is 5.73 Å². The molecule has 0 saturated carbocycles. The summed E-state index contributed by atoms with van der Waals surface area (Å²) in [5, 5.41) is 3.29. The highest BCUT2D eigenvalue weighted by atomic mass is 14.9. The fourth-order valence-corrected chi connectivity index (χ4v) is 1.52. The second kappa shape index (κ2) is 5.14. The van der Waals surface area contributed by atoms with E-state index in [1.54, 1.807) is 0 Å². The highest BCUT2D eigenvalue weighted by Gasteiger charge is 2.24. The molecule has 13 heavy (non-hydrogen) atoms. The molecule has 0 spiro atoms. The van der Waals surface area contributed by atoms with Crippen LogP contribution in [0.15, 0.2) is 17.1 Å². The van der Waals surface area contributed by atoms with Gasteiger partial charge in [0.1, 0.15) is 0 Å². The Labute approximate surface area is 80.1 Å². The molecule has 0 saturated heterocycles. The molecule has 1 aliphatic heterocycles. The van der Waals surface area contributed by atoms with Crippen LogP contribution in [0.4, 0.5) is 0 Å². The summed E-state index contributed by atoms with van der Waals surface area (Å²) in [4.78, 5) is 4.48. The molecular formula is C10H19N3. The molecule has 74 valence electrons. The number of hydrogen-bond acceptors (Lipinski definition) is 3. The lowest BCUT2D eigenvalue weighted by Gasteiger charge is -2.22. The summed E-state index contributed by atoms with van der Waals surface area (Å²) in [7, 11) is 0. The van der Waals surface area contributed by atoms with Crippen molar-refractivity contribution in [2.24, 2.45) is 10.7 Å². The first-order valence-corrected chi connectivity index (χ1v) is 4.97. The number of nitrogens with zero attached hydrogens (tertiary/aromatic N) is 1. The Bertz CT molecular complexity index is 184. The van der Waals surface area contributed by atoms with Gasteiger partial charge >= 0.3 is 0 Å². The zero-order chi connectivity index (χ0) is 9.57. The Hall–Kier alpha value is -0.670. The smallest absolute Gasteiger partial charge is 0.0800 e. The average Bonchev–Trinajstić information content (AvgIpc) is 2.62. The number of hydrogen-bond donors (Lipinski definition) is 2. The first-order chi connectivity index (χ1) is 6.33. The third-order valence-corrected chi connectivity index (χ3v) is 2.49. The Morgan fingerprint density at radius 1 is 1.46 bits per heavy atom. The van der Waals surface area contributed by atoms with Crippen LogP contribution < -0.4 is 11.1 Å². The molecule has 1 atom stereocenters. The fourth-order valence-electron chi connectivity index (χ4n) is 1.52. The zero-order valence-corrected chi connectivity index (χ0v) is 8.29. The van der Waals surface area contributed by atoms with E-state index in [0.29, 0.717) is 6.54 Å². The third kappa shape index (κ3) is 2.94. The normalized spacial score (nSPS) is 25.7. The molecule has 1 heterocycles. The second-order valence-corrected chi connectivity index (χ2v) is 3.38. The van der Waals surface area contributed by atoms with Gasteiger partial charge in [-0.05, 0) is 25.5 Å². The van der Waals surface area contributed by atoms with Gasteiger partial charge in [-0.15, -0.1) is 0 Å². The minimum Gasteiger partial charge on any atom is -0.329 e. The molecule has 1 unspecified atom stereocenters. The van der Waals surface area contributed by atoms with Crippen molar-refractivity contribution < 1.29 is 0 Å². The summed E-state index contributed by atoms with van der Waals surface area (Å²) in [6, 6.07) is 0. The van der Waals surface area contributed by atoms with Crippen molar-refractivity contribution in [1.29, 1.82) is 0 Å². The predicted octanol–water partition coefficient (Wildman–Crippen LogP) is 0.714. The number of rotatable bonds is 6. The van der Waals surface area contributed by atoms with Gasteiger partial charge in [-0.25, -0.2) is 0 Å². The highest BCUT2D eigenvalue weighted by molar-refractivity contribution is 5.75. The first-order valence-electron chi connectivity index (χ1n) is 4.97. The van der Waals surface area contributed by atoms with Crippen LogP contribution in [0.25, 0.3) is 0 Å². The van der Waals surface area contributed by atoms with E-state index in [-0.39, 0.29) is 5.54 Å². The number of nitrogens with two attached hydrogens (primary N) is 1. The van der Waals surface area contributed by atoms with Crippen molar-refractivity contribution in [3.63, 3.8) is 0 Å². The molecular weight excluding hydrogens is 162 g/mol. The van der Waals surface area contributed by atoms with Gasteiger partial charge in [0.15, 0.2) is 0 Å². The number of aliphatic imine (C=N–C) groups is 1. The van der Waals surface area contributed by atoms with Crippen LogP contribution in [0, 0.1) is 0 Å². The lowest BCUT2D eigenvalue weighted by molar-refractivity contribution is 0.462. The average molecular weight is 181 g/mol. The molecule has 0 aromatic heterocycles. The largest absolute Gasteiger partial charge is 0.329 e. The molecule has 0 aromatic rings. The molecule has 3 N–H and O–H groups in total. The quantitative estimate of drug-likeness (QED) is 0.593.